The normalized spacial score (nSPS) is 49.3. The number of rotatable bonds is 0. The van der Waals surface area contributed by atoms with E-state index < -0.39 is 23.6 Å². The quantitative estimate of drug-likeness (QED) is 0.392. The van der Waals surface area contributed by atoms with Gasteiger partial charge in [-0.1, -0.05) is 25.2 Å². The first-order valence-electron chi connectivity index (χ1n) is 6.79. The molecule has 4 nitrogen and oxygen atoms in total. The zero-order valence-corrected chi connectivity index (χ0v) is 11.3. The van der Waals surface area contributed by atoms with Crippen molar-refractivity contribution in [1.29, 1.82) is 0 Å². The lowest BCUT2D eigenvalue weighted by Gasteiger charge is -2.53. The highest BCUT2D eigenvalue weighted by Crippen LogP contribution is 2.55. The number of aliphatic hydroxyl groups is 2. The molecule has 2 N–H and O–H groups in total. The number of hydrogen-bond acceptors (Lipinski definition) is 4. The van der Waals surface area contributed by atoms with Crippen molar-refractivity contribution in [3.63, 3.8) is 0 Å². The lowest BCUT2D eigenvalue weighted by atomic mass is 9.54. The molecule has 1 saturated heterocycles. The maximum Gasteiger partial charge on any atom is 0.334 e. The molecule has 2 aliphatic carbocycles. The Balaban J connectivity index is 2.04. The highest BCUT2D eigenvalue weighted by Gasteiger charge is 2.59. The first kappa shape index (κ1) is 12.9. The number of carbonyl (C=O) groups excluding carboxylic acids is 1. The summed E-state index contributed by atoms with van der Waals surface area (Å²) in [5, 5.41) is 21.0. The van der Waals surface area contributed by atoms with Crippen molar-refractivity contribution in [3.8, 4) is 0 Å². The Morgan fingerprint density at radius 1 is 1.47 bits per heavy atom. The van der Waals surface area contributed by atoms with Crippen molar-refractivity contribution in [2.45, 2.75) is 45.0 Å². The number of ether oxygens (including phenoxy) is 1. The molecule has 1 heterocycles. The Morgan fingerprint density at radius 3 is 2.84 bits per heavy atom. The largest absolute Gasteiger partial charge is 0.458 e. The van der Waals surface area contributed by atoms with Crippen LogP contribution in [0.3, 0.4) is 0 Å². The minimum Gasteiger partial charge on any atom is -0.458 e. The van der Waals surface area contributed by atoms with E-state index in [0.29, 0.717) is 18.4 Å². The average molecular weight is 264 g/mol. The van der Waals surface area contributed by atoms with Crippen LogP contribution < -0.4 is 0 Å². The van der Waals surface area contributed by atoms with Crippen LogP contribution in [0, 0.1) is 17.3 Å². The van der Waals surface area contributed by atoms with Gasteiger partial charge in [0.15, 0.2) is 0 Å². The monoisotopic (exact) mass is 264 g/mol. The summed E-state index contributed by atoms with van der Waals surface area (Å²) in [6.45, 7) is 7.72. The van der Waals surface area contributed by atoms with Gasteiger partial charge in [-0.3, -0.25) is 0 Å². The van der Waals surface area contributed by atoms with Gasteiger partial charge in [0.25, 0.3) is 0 Å². The van der Waals surface area contributed by atoms with E-state index >= 15 is 0 Å². The van der Waals surface area contributed by atoms with Crippen LogP contribution in [0.1, 0.15) is 26.7 Å². The Bertz CT molecular complexity index is 481. The number of hydrogen-bond donors (Lipinski definition) is 2. The van der Waals surface area contributed by atoms with Gasteiger partial charge in [-0.05, 0) is 19.8 Å². The molecule has 1 saturated carbocycles. The molecule has 104 valence electrons. The van der Waals surface area contributed by atoms with Crippen molar-refractivity contribution in [1.82, 2.24) is 0 Å². The van der Waals surface area contributed by atoms with Crippen LogP contribution >= 0.6 is 0 Å². The second-order valence-corrected chi connectivity index (χ2v) is 6.37. The van der Waals surface area contributed by atoms with Crippen LogP contribution in [0.15, 0.2) is 23.8 Å². The number of esters is 1. The predicted octanol–water partition coefficient (Wildman–Crippen LogP) is 1.18. The zero-order chi connectivity index (χ0) is 13.9. The number of aliphatic hydroxyl groups excluding tert-OH is 2. The molecule has 0 unspecified atom stereocenters. The molecule has 2 fully saturated rings. The fourth-order valence-corrected chi connectivity index (χ4v) is 4.23. The van der Waals surface area contributed by atoms with Crippen molar-refractivity contribution in [3.05, 3.63) is 23.8 Å². The van der Waals surface area contributed by atoms with E-state index in [1.807, 2.05) is 19.9 Å². The van der Waals surface area contributed by atoms with E-state index in [-0.39, 0.29) is 17.9 Å². The van der Waals surface area contributed by atoms with Crippen LogP contribution in [0.2, 0.25) is 0 Å². The summed E-state index contributed by atoms with van der Waals surface area (Å²) in [6.07, 6.45) is 1.59. The summed E-state index contributed by atoms with van der Waals surface area (Å²) >= 11 is 0. The summed E-state index contributed by atoms with van der Waals surface area (Å²) in [7, 11) is 0. The molecule has 19 heavy (non-hydrogen) atoms. The predicted molar refractivity (Wildman–Crippen MR) is 69.1 cm³/mol. The molecule has 0 amide bonds. The van der Waals surface area contributed by atoms with Gasteiger partial charge in [0.1, 0.15) is 6.10 Å². The molecule has 3 aliphatic rings. The molecule has 0 bridgehead atoms. The average Bonchev–Trinajstić information content (AvgIpc) is 2.60. The van der Waals surface area contributed by atoms with Crippen molar-refractivity contribution in [2.24, 2.45) is 17.3 Å². The molecule has 0 spiro atoms. The van der Waals surface area contributed by atoms with E-state index in [0.717, 1.165) is 5.57 Å². The Labute approximate surface area is 112 Å². The van der Waals surface area contributed by atoms with Crippen molar-refractivity contribution < 1.29 is 19.7 Å². The zero-order valence-electron chi connectivity index (χ0n) is 11.3. The van der Waals surface area contributed by atoms with Gasteiger partial charge in [0.05, 0.1) is 18.1 Å². The fourth-order valence-electron chi connectivity index (χ4n) is 4.23. The maximum absolute atomic E-state index is 11.6. The van der Waals surface area contributed by atoms with Gasteiger partial charge in [-0.2, -0.15) is 0 Å². The van der Waals surface area contributed by atoms with Gasteiger partial charge in [-0.25, -0.2) is 4.79 Å². The fraction of sp³-hybridized carbons (Fsp3) is 0.667. The molecule has 6 atom stereocenters. The topological polar surface area (TPSA) is 66.8 Å². The minimum atomic E-state index is -0.714. The first-order valence-corrected chi connectivity index (χ1v) is 6.79. The summed E-state index contributed by atoms with van der Waals surface area (Å²) in [5.74, 6) is -0.879. The third kappa shape index (κ3) is 1.56. The van der Waals surface area contributed by atoms with Gasteiger partial charge in [0.2, 0.25) is 0 Å². The molecule has 3 rings (SSSR count). The Kier molecular flexibility index (Phi) is 2.67. The van der Waals surface area contributed by atoms with Gasteiger partial charge in [0, 0.05) is 16.9 Å². The Hall–Kier alpha value is -1.13. The summed E-state index contributed by atoms with van der Waals surface area (Å²) in [4.78, 5) is 11.6. The third-order valence-electron chi connectivity index (χ3n) is 5.30. The smallest absolute Gasteiger partial charge is 0.334 e. The highest BCUT2D eigenvalue weighted by molar-refractivity contribution is 5.91. The van der Waals surface area contributed by atoms with E-state index in [1.54, 1.807) is 0 Å². The van der Waals surface area contributed by atoms with Crippen LogP contribution in [-0.4, -0.2) is 34.5 Å². The second kappa shape index (κ2) is 3.93. The summed E-state index contributed by atoms with van der Waals surface area (Å²) in [6, 6.07) is 0. The van der Waals surface area contributed by atoms with Crippen LogP contribution in [-0.2, 0) is 9.53 Å². The Morgan fingerprint density at radius 2 is 2.16 bits per heavy atom. The minimum absolute atomic E-state index is 0.135. The molecule has 4 heteroatoms. The first-order chi connectivity index (χ1) is 8.86. The van der Waals surface area contributed by atoms with E-state index in [1.165, 1.54) is 0 Å². The SMILES string of the molecule is C=C1C(=O)O[C@H]2C[C@@]3(C)[C@H](O)CC=C(C)[C@@H]3[C@@H](O)[C@@H]12. The van der Waals surface area contributed by atoms with Crippen LogP contribution in [0.5, 0.6) is 0 Å². The molecular formula is C15H20O4. The highest BCUT2D eigenvalue weighted by atomic mass is 16.6. The molecule has 0 aromatic carbocycles. The van der Waals surface area contributed by atoms with E-state index in [9.17, 15) is 15.0 Å². The molecular weight excluding hydrogens is 244 g/mol. The molecule has 0 aromatic rings. The molecule has 0 aromatic heterocycles. The molecule has 1 aliphatic heterocycles. The number of carbonyl (C=O) groups is 1. The van der Waals surface area contributed by atoms with Crippen molar-refractivity contribution >= 4 is 5.97 Å². The van der Waals surface area contributed by atoms with Crippen molar-refractivity contribution in [2.75, 3.05) is 0 Å². The summed E-state index contributed by atoms with van der Waals surface area (Å²) < 4.78 is 5.32. The second-order valence-electron chi connectivity index (χ2n) is 6.37. The lowest BCUT2D eigenvalue weighted by molar-refractivity contribution is -0.154. The molecule has 0 radical (unpaired) electrons. The van der Waals surface area contributed by atoms with Gasteiger partial charge >= 0.3 is 5.97 Å². The maximum atomic E-state index is 11.6. The lowest BCUT2D eigenvalue weighted by Crippen LogP contribution is -2.56. The van der Waals surface area contributed by atoms with Gasteiger partial charge in [-0.15, -0.1) is 0 Å². The van der Waals surface area contributed by atoms with E-state index in [2.05, 4.69) is 6.58 Å². The third-order valence-corrected chi connectivity index (χ3v) is 5.30. The van der Waals surface area contributed by atoms with Crippen LogP contribution in [0.4, 0.5) is 0 Å². The van der Waals surface area contributed by atoms with Crippen LogP contribution in [0.25, 0.3) is 0 Å². The number of fused-ring (bicyclic) bond motifs is 2. The summed E-state index contributed by atoms with van der Waals surface area (Å²) in [5.41, 5.74) is 1.02. The standard InChI is InChI=1S/C15H20O4/c1-7-4-5-10(16)15(3)6-9-11(13(17)12(7)15)8(2)14(18)19-9/h4,9-13,16-17H,2,5-6H2,1,3H3/t9-,10+,11-,12+,13-,15-/m0/s1. The van der Waals surface area contributed by atoms with Gasteiger partial charge < -0.3 is 14.9 Å². The van der Waals surface area contributed by atoms with E-state index in [4.69, 9.17) is 4.74 Å².